The predicted molar refractivity (Wildman–Crippen MR) is 158 cm³/mol. The highest BCUT2D eigenvalue weighted by molar-refractivity contribution is 9.10. The second-order valence-corrected chi connectivity index (χ2v) is 11.5. The molecule has 2 saturated heterocycles. The van der Waals surface area contributed by atoms with Gasteiger partial charge in [0.05, 0.1) is 11.0 Å². The Kier molecular flexibility index (Phi) is 6.41. The van der Waals surface area contributed by atoms with E-state index in [0.717, 1.165) is 69.1 Å². The van der Waals surface area contributed by atoms with Gasteiger partial charge in [0, 0.05) is 59.6 Å². The molecule has 204 valence electrons. The summed E-state index contributed by atoms with van der Waals surface area (Å²) in [6.45, 7) is 3.70. The van der Waals surface area contributed by atoms with Crippen LogP contribution in [0.5, 0.6) is 0 Å². The Labute approximate surface area is 244 Å². The molecule has 40 heavy (non-hydrogen) atoms. The molecule has 6 aromatic rings. The Morgan fingerprint density at radius 3 is 1.52 bits per heavy atom. The number of aromatic nitrogens is 10. The number of anilines is 2. The van der Waals surface area contributed by atoms with Crippen molar-refractivity contribution in [3.05, 3.63) is 46.1 Å². The van der Waals surface area contributed by atoms with Gasteiger partial charge in [0.1, 0.15) is 12.7 Å². The first-order valence-electron chi connectivity index (χ1n) is 12.7. The molecule has 0 radical (unpaired) electrons. The Morgan fingerprint density at radius 2 is 1.12 bits per heavy atom. The maximum atomic E-state index is 4.65. The van der Waals surface area contributed by atoms with Crippen molar-refractivity contribution in [2.45, 2.75) is 12.1 Å². The normalized spacial score (nSPS) is 16.0. The quantitative estimate of drug-likeness (QED) is 0.282. The number of rotatable bonds is 4. The highest BCUT2D eigenvalue weighted by Gasteiger charge is 2.30. The van der Waals surface area contributed by atoms with Crippen LogP contribution in [0.2, 0.25) is 0 Å². The van der Waals surface area contributed by atoms with Gasteiger partial charge in [-0.2, -0.15) is 0 Å². The molecule has 0 saturated carbocycles. The van der Waals surface area contributed by atoms with Crippen LogP contribution in [0.25, 0.3) is 33.6 Å². The summed E-state index contributed by atoms with van der Waals surface area (Å²) in [6.07, 6.45) is 6.90. The summed E-state index contributed by atoms with van der Waals surface area (Å²) >= 11 is 6.87. The van der Waals surface area contributed by atoms with Gasteiger partial charge in [-0.3, -0.25) is 8.80 Å². The van der Waals surface area contributed by atoms with E-state index in [9.17, 15) is 0 Å². The Balaban J connectivity index is 0.000000132. The molecule has 2 aliphatic heterocycles. The lowest BCUT2D eigenvalue weighted by molar-refractivity contribution is 0.448. The fourth-order valence-corrected chi connectivity index (χ4v) is 5.53. The van der Waals surface area contributed by atoms with E-state index in [1.54, 1.807) is 25.0 Å². The SMILES string of the molecule is CNC1CN(c2nc3ncc(Br)cc3n3cnnc23)C1.CNC1CN(c2nc3ncc(Br)cc3n3cnnc23)C1. The third-order valence-corrected chi connectivity index (χ3v) is 8.11. The zero-order valence-electron chi connectivity index (χ0n) is 21.6. The molecule has 0 aliphatic carbocycles. The highest BCUT2D eigenvalue weighted by atomic mass is 79.9. The zero-order valence-corrected chi connectivity index (χ0v) is 24.7. The molecular weight excluding hydrogens is 644 g/mol. The maximum Gasteiger partial charge on any atom is 0.204 e. The van der Waals surface area contributed by atoms with Crippen molar-refractivity contribution in [2.75, 3.05) is 50.1 Å². The van der Waals surface area contributed by atoms with Gasteiger partial charge < -0.3 is 20.4 Å². The molecule has 14 nitrogen and oxygen atoms in total. The molecule has 0 amide bonds. The molecule has 0 spiro atoms. The first-order valence-corrected chi connectivity index (χ1v) is 14.3. The van der Waals surface area contributed by atoms with Crippen molar-refractivity contribution in [3.8, 4) is 0 Å². The average molecular weight is 668 g/mol. The molecule has 6 aromatic heterocycles. The number of hydrogen-bond acceptors (Lipinski definition) is 12. The second-order valence-electron chi connectivity index (χ2n) is 9.69. The lowest BCUT2D eigenvalue weighted by Gasteiger charge is -2.39. The first-order chi connectivity index (χ1) is 19.5. The minimum atomic E-state index is 0.508. The van der Waals surface area contributed by atoms with Crippen LogP contribution in [0, 0.1) is 0 Å². The van der Waals surface area contributed by atoms with Crippen LogP contribution >= 0.6 is 31.9 Å². The summed E-state index contributed by atoms with van der Waals surface area (Å²) in [5.41, 5.74) is 4.73. The third-order valence-electron chi connectivity index (χ3n) is 7.24. The zero-order chi connectivity index (χ0) is 27.4. The molecule has 2 fully saturated rings. The van der Waals surface area contributed by atoms with Crippen molar-refractivity contribution >= 4 is 77.1 Å². The van der Waals surface area contributed by atoms with Crippen molar-refractivity contribution in [1.29, 1.82) is 0 Å². The average Bonchev–Trinajstić information content (AvgIpc) is 3.59. The molecule has 0 bridgehead atoms. The van der Waals surface area contributed by atoms with Crippen molar-refractivity contribution in [3.63, 3.8) is 0 Å². The van der Waals surface area contributed by atoms with Gasteiger partial charge in [0.2, 0.25) is 11.3 Å². The number of fused-ring (bicyclic) bond motifs is 6. The maximum absolute atomic E-state index is 4.65. The summed E-state index contributed by atoms with van der Waals surface area (Å²) in [5, 5.41) is 22.9. The van der Waals surface area contributed by atoms with Crippen LogP contribution in [0.3, 0.4) is 0 Å². The Hall–Kier alpha value is -3.60. The van der Waals surface area contributed by atoms with E-state index in [-0.39, 0.29) is 0 Å². The van der Waals surface area contributed by atoms with E-state index in [4.69, 9.17) is 0 Å². The summed E-state index contributed by atoms with van der Waals surface area (Å²) in [4.78, 5) is 22.4. The van der Waals surface area contributed by atoms with Gasteiger partial charge in [-0.25, -0.2) is 19.9 Å². The van der Waals surface area contributed by atoms with E-state index in [0.29, 0.717) is 23.4 Å². The molecule has 16 heteroatoms. The highest BCUT2D eigenvalue weighted by Crippen LogP contribution is 2.28. The fraction of sp³-hybridized carbons (Fsp3) is 0.333. The van der Waals surface area contributed by atoms with Gasteiger partial charge in [-0.1, -0.05) is 0 Å². The predicted octanol–water partition coefficient (Wildman–Crippen LogP) is 1.69. The standard InChI is InChI=1S/2C12H12BrN7/c2*1-14-8-4-19(5-8)11-12-18-16-6-20(12)9-2-7(13)3-15-10(9)17-11/h2*2-3,6,8,14H,4-5H2,1H3. The van der Waals surface area contributed by atoms with Crippen LogP contribution < -0.4 is 20.4 Å². The molecule has 2 N–H and O–H groups in total. The van der Waals surface area contributed by atoms with Crippen LogP contribution in [0.15, 0.2) is 46.1 Å². The lowest BCUT2D eigenvalue weighted by Crippen LogP contribution is -2.57. The fourth-order valence-electron chi connectivity index (χ4n) is 4.89. The minimum Gasteiger partial charge on any atom is -0.350 e. The van der Waals surface area contributed by atoms with E-state index >= 15 is 0 Å². The first kappa shape index (κ1) is 25.4. The van der Waals surface area contributed by atoms with Gasteiger partial charge in [0.25, 0.3) is 0 Å². The third kappa shape index (κ3) is 4.31. The smallest absolute Gasteiger partial charge is 0.204 e. The number of hydrogen-bond donors (Lipinski definition) is 2. The largest absolute Gasteiger partial charge is 0.350 e. The number of pyridine rings is 2. The lowest BCUT2D eigenvalue weighted by atomic mass is 10.1. The molecule has 8 rings (SSSR count). The van der Waals surface area contributed by atoms with Gasteiger partial charge in [-0.05, 0) is 58.1 Å². The van der Waals surface area contributed by atoms with Crippen LogP contribution in [0.1, 0.15) is 0 Å². The molecule has 8 heterocycles. The van der Waals surface area contributed by atoms with Crippen LogP contribution in [0.4, 0.5) is 11.6 Å². The van der Waals surface area contributed by atoms with Crippen molar-refractivity contribution < 1.29 is 0 Å². The Bertz CT molecular complexity index is 1720. The van der Waals surface area contributed by atoms with Gasteiger partial charge >= 0.3 is 0 Å². The summed E-state index contributed by atoms with van der Waals surface area (Å²) in [6, 6.07) is 4.96. The number of likely N-dealkylation sites (N-methyl/N-ethyl adjacent to an activating group) is 2. The number of halogens is 2. The molecular formula is C24H24Br2N14. The van der Waals surface area contributed by atoms with E-state index in [2.05, 4.69) is 92.6 Å². The summed E-state index contributed by atoms with van der Waals surface area (Å²) in [7, 11) is 3.95. The second kappa shape index (κ2) is 10.1. The van der Waals surface area contributed by atoms with Crippen molar-refractivity contribution in [1.82, 2.24) is 59.8 Å². The Morgan fingerprint density at radius 1 is 0.700 bits per heavy atom. The monoisotopic (exact) mass is 666 g/mol. The molecule has 2 aliphatic rings. The van der Waals surface area contributed by atoms with E-state index in [1.165, 1.54) is 0 Å². The number of nitrogens with zero attached hydrogens (tertiary/aromatic N) is 12. The van der Waals surface area contributed by atoms with E-state index in [1.807, 2.05) is 35.0 Å². The molecule has 0 atom stereocenters. The summed E-state index contributed by atoms with van der Waals surface area (Å²) in [5.74, 6) is 1.69. The van der Waals surface area contributed by atoms with Gasteiger partial charge in [0.15, 0.2) is 22.9 Å². The minimum absolute atomic E-state index is 0.508. The molecule has 0 unspecified atom stereocenters. The number of nitrogens with one attached hydrogen (secondary N) is 2. The van der Waals surface area contributed by atoms with Crippen LogP contribution in [-0.2, 0) is 0 Å². The van der Waals surface area contributed by atoms with Gasteiger partial charge in [-0.15, -0.1) is 20.4 Å². The topological polar surface area (TPSA) is 142 Å². The molecule has 0 aromatic carbocycles. The van der Waals surface area contributed by atoms with E-state index < -0.39 is 0 Å². The van der Waals surface area contributed by atoms with Crippen LogP contribution in [-0.4, -0.2) is 101 Å². The summed E-state index contributed by atoms with van der Waals surface area (Å²) < 4.78 is 5.69. The van der Waals surface area contributed by atoms with Crippen molar-refractivity contribution in [2.24, 2.45) is 0 Å².